The van der Waals surface area contributed by atoms with Gasteiger partial charge in [0.2, 0.25) is 12.7 Å². The fraction of sp³-hybridized carbons (Fsp3) is 0.136. The number of hydrogen-bond donors (Lipinski definition) is 1. The van der Waals surface area contributed by atoms with Crippen LogP contribution in [0.1, 0.15) is 5.56 Å². The fourth-order valence-corrected chi connectivity index (χ4v) is 4.27. The van der Waals surface area contributed by atoms with Crippen molar-refractivity contribution in [2.45, 2.75) is 13.1 Å². The molecular weight excluding hydrogens is 402 g/mol. The summed E-state index contributed by atoms with van der Waals surface area (Å²) < 4.78 is 12.0. The third-order valence-corrected chi connectivity index (χ3v) is 5.91. The summed E-state index contributed by atoms with van der Waals surface area (Å²) in [5, 5.41) is 3.34. The maximum atomic E-state index is 12.8. The highest BCUT2D eigenvalue weighted by molar-refractivity contribution is 7.21. The van der Waals surface area contributed by atoms with E-state index in [0.717, 1.165) is 16.0 Å². The zero-order valence-electron chi connectivity index (χ0n) is 15.8. The van der Waals surface area contributed by atoms with Gasteiger partial charge in [-0.25, -0.2) is 4.98 Å². The summed E-state index contributed by atoms with van der Waals surface area (Å²) in [6.07, 6.45) is 1.43. The van der Waals surface area contributed by atoms with E-state index in [4.69, 9.17) is 9.47 Å². The molecule has 5 rings (SSSR count). The van der Waals surface area contributed by atoms with E-state index in [2.05, 4.69) is 10.3 Å². The maximum Gasteiger partial charge on any atom is 0.262 e. The standard InChI is InChI=1S/C22H17N3O4S/c26-20(23-10-14-6-7-17-18(8-14)29-13-28-17)11-25-12-24-21-16(22(25)27)9-19(30-21)15-4-2-1-3-5-15/h1-9,12H,10-11,13H2,(H,23,26). The minimum atomic E-state index is -0.269. The number of thiophene rings is 1. The molecule has 2 aromatic carbocycles. The molecule has 1 N–H and O–H groups in total. The quantitative estimate of drug-likeness (QED) is 0.537. The molecule has 150 valence electrons. The molecule has 0 spiro atoms. The second-order valence-corrected chi connectivity index (χ2v) is 7.87. The van der Waals surface area contributed by atoms with Gasteiger partial charge in [-0.15, -0.1) is 11.3 Å². The van der Waals surface area contributed by atoms with Crippen molar-refractivity contribution in [1.29, 1.82) is 0 Å². The van der Waals surface area contributed by atoms with Crippen LogP contribution >= 0.6 is 11.3 Å². The lowest BCUT2D eigenvalue weighted by molar-refractivity contribution is -0.121. The molecular formula is C22H17N3O4S. The third kappa shape index (κ3) is 3.53. The SMILES string of the molecule is O=C(Cn1cnc2sc(-c3ccccc3)cc2c1=O)NCc1ccc2c(c1)OCO2. The lowest BCUT2D eigenvalue weighted by atomic mass is 10.2. The van der Waals surface area contributed by atoms with E-state index >= 15 is 0 Å². The van der Waals surface area contributed by atoms with E-state index in [1.165, 1.54) is 22.2 Å². The molecule has 7 nitrogen and oxygen atoms in total. The van der Waals surface area contributed by atoms with Crippen molar-refractivity contribution >= 4 is 27.5 Å². The normalized spacial score (nSPS) is 12.3. The number of rotatable bonds is 5. The number of aromatic nitrogens is 2. The highest BCUT2D eigenvalue weighted by Gasteiger charge is 2.15. The highest BCUT2D eigenvalue weighted by atomic mass is 32.1. The van der Waals surface area contributed by atoms with Gasteiger partial charge in [0, 0.05) is 11.4 Å². The van der Waals surface area contributed by atoms with Crippen LogP contribution in [-0.2, 0) is 17.9 Å². The molecule has 8 heteroatoms. The molecule has 1 amide bonds. The summed E-state index contributed by atoms with van der Waals surface area (Å²) in [6.45, 7) is 0.442. The molecule has 2 aromatic heterocycles. The van der Waals surface area contributed by atoms with Gasteiger partial charge in [-0.05, 0) is 29.3 Å². The largest absolute Gasteiger partial charge is 0.454 e. The Morgan fingerprint density at radius 2 is 1.93 bits per heavy atom. The van der Waals surface area contributed by atoms with Crippen LogP contribution < -0.4 is 20.3 Å². The Hall–Kier alpha value is -3.65. The molecule has 0 saturated heterocycles. The van der Waals surface area contributed by atoms with E-state index in [1.807, 2.05) is 54.6 Å². The average Bonchev–Trinajstić information content (AvgIpc) is 3.42. The smallest absolute Gasteiger partial charge is 0.262 e. The first-order chi connectivity index (χ1) is 14.7. The summed E-state index contributed by atoms with van der Waals surface area (Å²) in [7, 11) is 0. The minimum absolute atomic E-state index is 0.0944. The molecule has 0 unspecified atom stereocenters. The van der Waals surface area contributed by atoms with Gasteiger partial charge in [0.1, 0.15) is 11.4 Å². The maximum absolute atomic E-state index is 12.8. The second-order valence-electron chi connectivity index (χ2n) is 6.84. The molecule has 0 fully saturated rings. The summed E-state index contributed by atoms with van der Waals surface area (Å²) in [5.74, 6) is 1.09. The zero-order chi connectivity index (χ0) is 20.5. The van der Waals surface area contributed by atoms with Crippen molar-refractivity contribution in [2.75, 3.05) is 6.79 Å². The van der Waals surface area contributed by atoms with E-state index in [1.54, 1.807) is 0 Å². The van der Waals surface area contributed by atoms with Crippen molar-refractivity contribution in [3.05, 3.63) is 76.8 Å². The molecule has 0 radical (unpaired) electrons. The van der Waals surface area contributed by atoms with Gasteiger partial charge in [0.05, 0.1) is 11.7 Å². The Labute approximate surface area is 175 Å². The summed E-state index contributed by atoms with van der Waals surface area (Å²) in [6, 6.07) is 17.2. The molecule has 0 aliphatic carbocycles. The number of nitrogens with zero attached hydrogens (tertiary/aromatic N) is 2. The average molecular weight is 419 g/mol. The molecule has 0 atom stereocenters. The van der Waals surface area contributed by atoms with Gasteiger partial charge in [0.15, 0.2) is 11.5 Å². The first-order valence-electron chi connectivity index (χ1n) is 9.37. The molecule has 1 aliphatic heterocycles. The number of fused-ring (bicyclic) bond motifs is 2. The van der Waals surface area contributed by atoms with Crippen LogP contribution in [0.5, 0.6) is 11.5 Å². The number of ether oxygens (including phenoxy) is 2. The molecule has 30 heavy (non-hydrogen) atoms. The molecule has 0 saturated carbocycles. The van der Waals surface area contributed by atoms with Crippen molar-refractivity contribution in [3.63, 3.8) is 0 Å². The third-order valence-electron chi connectivity index (χ3n) is 4.82. The van der Waals surface area contributed by atoms with Crippen LogP contribution in [0.3, 0.4) is 0 Å². The van der Waals surface area contributed by atoms with Crippen LogP contribution in [-0.4, -0.2) is 22.3 Å². The summed E-state index contributed by atoms with van der Waals surface area (Å²) >= 11 is 1.46. The predicted octanol–water partition coefficient (Wildman–Crippen LogP) is 3.17. The topological polar surface area (TPSA) is 82.5 Å². The first kappa shape index (κ1) is 18.4. The molecule has 0 bridgehead atoms. The number of nitrogens with one attached hydrogen (secondary N) is 1. The number of hydrogen-bond acceptors (Lipinski definition) is 6. The first-order valence-corrected chi connectivity index (χ1v) is 10.2. The molecule has 1 aliphatic rings. The Morgan fingerprint density at radius 3 is 2.80 bits per heavy atom. The number of carbonyl (C=O) groups excluding carboxylic acids is 1. The molecule has 4 aromatic rings. The van der Waals surface area contributed by atoms with Crippen LogP contribution in [0.25, 0.3) is 20.7 Å². The van der Waals surface area contributed by atoms with Gasteiger partial charge in [-0.1, -0.05) is 36.4 Å². The zero-order valence-corrected chi connectivity index (χ0v) is 16.6. The van der Waals surface area contributed by atoms with Crippen LogP contribution in [0.2, 0.25) is 0 Å². The van der Waals surface area contributed by atoms with E-state index in [9.17, 15) is 9.59 Å². The van der Waals surface area contributed by atoms with Gasteiger partial charge in [0.25, 0.3) is 5.56 Å². The number of carbonyl (C=O) groups is 1. The summed E-state index contributed by atoms with van der Waals surface area (Å²) in [5.41, 5.74) is 1.70. The highest BCUT2D eigenvalue weighted by Crippen LogP contribution is 2.32. The minimum Gasteiger partial charge on any atom is -0.454 e. The monoisotopic (exact) mass is 419 g/mol. The van der Waals surface area contributed by atoms with Crippen molar-refractivity contribution in [3.8, 4) is 21.9 Å². The lowest BCUT2D eigenvalue weighted by Crippen LogP contribution is -2.32. The van der Waals surface area contributed by atoms with Gasteiger partial charge < -0.3 is 14.8 Å². The Balaban J connectivity index is 1.30. The van der Waals surface area contributed by atoms with Crippen molar-refractivity contribution < 1.29 is 14.3 Å². The Bertz CT molecular complexity index is 1300. The van der Waals surface area contributed by atoms with Gasteiger partial charge in [-0.2, -0.15) is 0 Å². The Kier molecular flexibility index (Phi) is 4.68. The number of benzene rings is 2. The van der Waals surface area contributed by atoms with E-state index < -0.39 is 0 Å². The Morgan fingerprint density at radius 1 is 1.10 bits per heavy atom. The van der Waals surface area contributed by atoms with Crippen molar-refractivity contribution in [2.24, 2.45) is 0 Å². The van der Waals surface area contributed by atoms with Crippen molar-refractivity contribution in [1.82, 2.24) is 14.9 Å². The van der Waals surface area contributed by atoms with Gasteiger partial charge in [-0.3, -0.25) is 14.2 Å². The lowest BCUT2D eigenvalue weighted by Gasteiger charge is -2.08. The number of amides is 1. The van der Waals surface area contributed by atoms with Crippen LogP contribution in [0, 0.1) is 0 Å². The second kappa shape index (κ2) is 7.64. The van der Waals surface area contributed by atoms with Gasteiger partial charge >= 0.3 is 0 Å². The van der Waals surface area contributed by atoms with Crippen LogP contribution in [0.15, 0.2) is 65.7 Å². The van der Waals surface area contributed by atoms with E-state index in [0.29, 0.717) is 28.3 Å². The van der Waals surface area contributed by atoms with E-state index in [-0.39, 0.29) is 24.8 Å². The van der Waals surface area contributed by atoms with Crippen LogP contribution in [0.4, 0.5) is 0 Å². The molecule has 3 heterocycles. The predicted molar refractivity (Wildman–Crippen MR) is 114 cm³/mol. The summed E-state index contributed by atoms with van der Waals surface area (Å²) in [4.78, 5) is 31.2. The fourth-order valence-electron chi connectivity index (χ4n) is 3.28.